The van der Waals surface area contributed by atoms with E-state index in [0.29, 0.717) is 29.9 Å². The number of methoxy groups -OCH3 is 1. The van der Waals surface area contributed by atoms with Crippen LogP contribution in [0.15, 0.2) is 60.7 Å². The lowest BCUT2D eigenvalue weighted by molar-refractivity contribution is -0.137. The Bertz CT molecular complexity index is 1310. The second-order valence-corrected chi connectivity index (χ2v) is 11.5. The molecule has 0 aliphatic heterocycles. The first-order chi connectivity index (χ1) is 19.1. The van der Waals surface area contributed by atoms with E-state index in [1.807, 2.05) is 18.2 Å². The highest BCUT2D eigenvalue weighted by Crippen LogP contribution is 2.46. The molecule has 40 heavy (non-hydrogen) atoms. The molecule has 3 aromatic rings. The van der Waals surface area contributed by atoms with E-state index in [1.165, 1.54) is 6.07 Å². The van der Waals surface area contributed by atoms with Gasteiger partial charge in [-0.05, 0) is 64.6 Å². The van der Waals surface area contributed by atoms with Crippen LogP contribution < -0.4 is 4.74 Å². The van der Waals surface area contributed by atoms with Gasteiger partial charge in [-0.25, -0.2) is 8.78 Å². The standard InChI is InChI=1S/C33H38F2O5/c1-33(2,3)32(39-17-16-38-4)27-18-21(12-15-23(27)24-8-5-6-10-28(24)34)20-40-29-11-7-9-25(31(29)35)26(19-30(36)37)22-13-14-22/h5-12,15,18,22,26,32H,13-14,16-17,19-20H2,1-4H3,(H,36,37)/t26-,32-/m0/s1. The van der Waals surface area contributed by atoms with Crippen LogP contribution in [0.3, 0.4) is 0 Å². The number of carbonyl (C=O) groups is 1. The predicted octanol–water partition coefficient (Wildman–Crippen LogP) is 7.93. The first kappa shape index (κ1) is 29.7. The van der Waals surface area contributed by atoms with Crippen LogP contribution in [0.1, 0.15) is 68.7 Å². The fourth-order valence-electron chi connectivity index (χ4n) is 5.20. The summed E-state index contributed by atoms with van der Waals surface area (Å²) in [6.45, 7) is 7.05. The summed E-state index contributed by atoms with van der Waals surface area (Å²) in [4.78, 5) is 11.4. The van der Waals surface area contributed by atoms with Crippen molar-refractivity contribution in [1.82, 2.24) is 0 Å². The molecule has 1 aliphatic rings. The summed E-state index contributed by atoms with van der Waals surface area (Å²) < 4.78 is 47.9. The van der Waals surface area contributed by atoms with Crippen LogP contribution in [0.25, 0.3) is 11.1 Å². The van der Waals surface area contributed by atoms with E-state index >= 15 is 4.39 Å². The van der Waals surface area contributed by atoms with Crippen molar-refractivity contribution in [2.24, 2.45) is 11.3 Å². The Labute approximate surface area is 235 Å². The van der Waals surface area contributed by atoms with Crippen molar-refractivity contribution < 1.29 is 32.9 Å². The number of hydrogen-bond donors (Lipinski definition) is 1. The molecule has 7 heteroatoms. The summed E-state index contributed by atoms with van der Waals surface area (Å²) in [5, 5.41) is 9.36. The maximum Gasteiger partial charge on any atom is 0.303 e. The van der Waals surface area contributed by atoms with Gasteiger partial charge in [0.1, 0.15) is 12.4 Å². The van der Waals surface area contributed by atoms with Crippen LogP contribution in [0.2, 0.25) is 0 Å². The number of carboxylic acid groups (broad SMARTS) is 1. The first-order valence-electron chi connectivity index (χ1n) is 13.7. The van der Waals surface area contributed by atoms with Crippen molar-refractivity contribution in [3.8, 4) is 16.9 Å². The summed E-state index contributed by atoms with van der Waals surface area (Å²) in [6, 6.07) is 17.2. The van der Waals surface area contributed by atoms with Gasteiger partial charge in [0.05, 0.1) is 25.7 Å². The minimum atomic E-state index is -0.939. The van der Waals surface area contributed by atoms with E-state index in [1.54, 1.807) is 43.5 Å². The molecule has 0 saturated heterocycles. The van der Waals surface area contributed by atoms with Crippen LogP contribution in [0.5, 0.6) is 5.75 Å². The van der Waals surface area contributed by atoms with E-state index in [0.717, 1.165) is 24.0 Å². The number of ether oxygens (including phenoxy) is 3. The fourth-order valence-corrected chi connectivity index (χ4v) is 5.20. The third-order valence-corrected chi connectivity index (χ3v) is 7.29. The average Bonchev–Trinajstić information content (AvgIpc) is 3.75. The molecule has 0 bridgehead atoms. The molecule has 1 fully saturated rings. The molecule has 0 aromatic heterocycles. The number of rotatable bonds is 13. The first-order valence-corrected chi connectivity index (χ1v) is 13.7. The van der Waals surface area contributed by atoms with Crippen molar-refractivity contribution in [3.05, 3.63) is 89.0 Å². The van der Waals surface area contributed by atoms with Crippen molar-refractivity contribution in [2.45, 2.75) is 58.7 Å². The molecule has 2 atom stereocenters. The lowest BCUT2D eigenvalue weighted by atomic mass is 9.81. The van der Waals surface area contributed by atoms with Crippen LogP contribution in [0.4, 0.5) is 8.78 Å². The monoisotopic (exact) mass is 552 g/mol. The highest BCUT2D eigenvalue weighted by Gasteiger charge is 2.36. The SMILES string of the molecule is COCCO[C@@H](c1cc(COc2cccc([C@@H](CC(=O)O)C3CC3)c2F)ccc1-c1ccccc1F)C(C)(C)C. The third kappa shape index (κ3) is 7.26. The Morgan fingerprint density at radius 3 is 2.38 bits per heavy atom. The Kier molecular flexibility index (Phi) is 9.59. The number of aliphatic carboxylic acids is 1. The smallest absolute Gasteiger partial charge is 0.303 e. The molecule has 0 radical (unpaired) electrons. The van der Waals surface area contributed by atoms with E-state index in [2.05, 4.69) is 20.8 Å². The van der Waals surface area contributed by atoms with Crippen LogP contribution in [-0.4, -0.2) is 31.4 Å². The zero-order valence-corrected chi connectivity index (χ0v) is 23.6. The zero-order valence-electron chi connectivity index (χ0n) is 23.6. The van der Waals surface area contributed by atoms with E-state index in [9.17, 15) is 14.3 Å². The normalized spacial score (nSPS) is 15.1. The van der Waals surface area contributed by atoms with Gasteiger partial charge in [0, 0.05) is 18.6 Å². The lowest BCUT2D eigenvalue weighted by Gasteiger charge is -2.33. The fraction of sp³-hybridized carbons (Fsp3) is 0.424. The van der Waals surface area contributed by atoms with Gasteiger partial charge in [0.15, 0.2) is 11.6 Å². The molecular formula is C33H38F2O5. The van der Waals surface area contributed by atoms with Crippen molar-refractivity contribution >= 4 is 5.97 Å². The number of carboxylic acids is 1. The van der Waals surface area contributed by atoms with Gasteiger partial charge in [-0.3, -0.25) is 4.79 Å². The molecular weight excluding hydrogens is 514 g/mol. The number of halogens is 2. The summed E-state index contributed by atoms with van der Waals surface area (Å²) in [5.74, 6) is -1.89. The van der Waals surface area contributed by atoms with Crippen LogP contribution in [0, 0.1) is 23.0 Å². The molecule has 1 aliphatic carbocycles. The highest BCUT2D eigenvalue weighted by atomic mass is 19.1. The van der Waals surface area contributed by atoms with Gasteiger partial charge < -0.3 is 19.3 Å². The van der Waals surface area contributed by atoms with Crippen molar-refractivity contribution in [1.29, 1.82) is 0 Å². The Balaban J connectivity index is 1.66. The van der Waals surface area contributed by atoms with E-state index in [4.69, 9.17) is 14.2 Å². The second-order valence-electron chi connectivity index (χ2n) is 11.5. The molecule has 3 aromatic carbocycles. The van der Waals surface area contributed by atoms with Gasteiger partial charge in [0.2, 0.25) is 0 Å². The van der Waals surface area contributed by atoms with Crippen LogP contribution >= 0.6 is 0 Å². The second kappa shape index (κ2) is 12.9. The third-order valence-electron chi connectivity index (χ3n) is 7.29. The molecule has 0 heterocycles. The van der Waals surface area contributed by atoms with Gasteiger partial charge >= 0.3 is 5.97 Å². The maximum absolute atomic E-state index is 15.5. The van der Waals surface area contributed by atoms with E-state index in [-0.39, 0.29) is 47.9 Å². The molecule has 5 nitrogen and oxygen atoms in total. The van der Waals surface area contributed by atoms with Crippen molar-refractivity contribution in [2.75, 3.05) is 20.3 Å². The highest BCUT2D eigenvalue weighted by molar-refractivity contribution is 5.69. The summed E-state index contributed by atoms with van der Waals surface area (Å²) in [7, 11) is 1.61. The Hall–Kier alpha value is -3.29. The minimum Gasteiger partial charge on any atom is -0.486 e. The van der Waals surface area contributed by atoms with Gasteiger partial charge in [-0.1, -0.05) is 63.2 Å². The largest absolute Gasteiger partial charge is 0.486 e. The molecule has 1 saturated carbocycles. The van der Waals surface area contributed by atoms with Gasteiger partial charge in [0.25, 0.3) is 0 Å². The average molecular weight is 553 g/mol. The quantitative estimate of drug-likeness (QED) is 0.218. The van der Waals surface area contributed by atoms with Gasteiger partial charge in [-0.15, -0.1) is 0 Å². The molecule has 1 N–H and O–H groups in total. The lowest BCUT2D eigenvalue weighted by Crippen LogP contribution is -2.24. The zero-order chi connectivity index (χ0) is 28.9. The van der Waals surface area contributed by atoms with E-state index < -0.39 is 11.8 Å². The minimum absolute atomic E-state index is 0.0763. The molecule has 0 amide bonds. The van der Waals surface area contributed by atoms with Crippen molar-refractivity contribution in [3.63, 3.8) is 0 Å². The van der Waals surface area contributed by atoms with Crippen LogP contribution in [-0.2, 0) is 20.9 Å². The van der Waals surface area contributed by atoms with Gasteiger partial charge in [-0.2, -0.15) is 0 Å². The summed E-state index contributed by atoms with van der Waals surface area (Å²) in [6.07, 6.45) is 1.32. The number of benzene rings is 3. The molecule has 0 spiro atoms. The topological polar surface area (TPSA) is 65.0 Å². The predicted molar refractivity (Wildman–Crippen MR) is 150 cm³/mol. The summed E-state index contributed by atoms with van der Waals surface area (Å²) in [5.41, 5.74) is 2.83. The Morgan fingerprint density at radius 1 is 0.975 bits per heavy atom. The Morgan fingerprint density at radius 2 is 1.73 bits per heavy atom. The number of hydrogen-bond acceptors (Lipinski definition) is 4. The molecule has 0 unspecified atom stereocenters. The summed E-state index contributed by atoms with van der Waals surface area (Å²) >= 11 is 0. The molecule has 4 rings (SSSR count). The maximum atomic E-state index is 15.5. The molecule has 214 valence electrons.